The van der Waals surface area contributed by atoms with Gasteiger partial charge in [0.05, 0.1) is 17.6 Å². The lowest BCUT2D eigenvalue weighted by Crippen LogP contribution is -2.35. The van der Waals surface area contributed by atoms with Crippen LogP contribution in [0.5, 0.6) is 0 Å². The molecule has 2 N–H and O–H groups in total. The molecule has 1 saturated heterocycles. The van der Waals surface area contributed by atoms with Crippen molar-refractivity contribution in [1.82, 2.24) is 5.32 Å². The molecule has 0 spiro atoms. The summed E-state index contributed by atoms with van der Waals surface area (Å²) in [5.41, 5.74) is 0.630. The van der Waals surface area contributed by atoms with Gasteiger partial charge in [0.15, 0.2) is 6.61 Å². The minimum absolute atomic E-state index is 0.00689. The number of esters is 1. The summed E-state index contributed by atoms with van der Waals surface area (Å²) < 4.78 is 10.3. The van der Waals surface area contributed by atoms with Crippen molar-refractivity contribution in [3.63, 3.8) is 0 Å². The Morgan fingerprint density at radius 1 is 1.19 bits per heavy atom. The van der Waals surface area contributed by atoms with E-state index in [2.05, 4.69) is 10.6 Å². The van der Waals surface area contributed by atoms with Gasteiger partial charge in [-0.2, -0.15) is 0 Å². The van der Waals surface area contributed by atoms with Crippen LogP contribution in [0.25, 0.3) is 0 Å². The van der Waals surface area contributed by atoms with Crippen molar-refractivity contribution in [3.05, 3.63) is 29.3 Å². The first-order chi connectivity index (χ1) is 12.5. The number of halogens is 1. The Hall–Kier alpha value is -1.77. The SMILES string of the molecule is O=C(COC(=O)CSCC(=O)Nc1ccc(Cl)cc1)NC[C@@H]1CCCO1. The molecule has 0 saturated carbocycles. The van der Waals surface area contributed by atoms with Gasteiger partial charge in [-0.1, -0.05) is 11.6 Å². The first-order valence-corrected chi connectivity index (χ1v) is 9.73. The van der Waals surface area contributed by atoms with E-state index in [4.69, 9.17) is 21.1 Å². The van der Waals surface area contributed by atoms with E-state index in [9.17, 15) is 14.4 Å². The summed E-state index contributed by atoms with van der Waals surface area (Å²) in [4.78, 5) is 34.9. The van der Waals surface area contributed by atoms with Crippen LogP contribution >= 0.6 is 23.4 Å². The van der Waals surface area contributed by atoms with Gasteiger partial charge in [-0.05, 0) is 37.1 Å². The predicted molar refractivity (Wildman–Crippen MR) is 100 cm³/mol. The number of hydrogen-bond donors (Lipinski definition) is 2. The molecule has 0 radical (unpaired) electrons. The van der Waals surface area contributed by atoms with Crippen LogP contribution in [-0.2, 0) is 23.9 Å². The zero-order valence-corrected chi connectivity index (χ0v) is 15.7. The summed E-state index contributed by atoms with van der Waals surface area (Å²) in [7, 11) is 0. The number of rotatable bonds is 9. The Bertz CT molecular complexity index is 620. The molecule has 1 aromatic carbocycles. The molecule has 1 heterocycles. The molecular weight excluding hydrogens is 380 g/mol. The van der Waals surface area contributed by atoms with E-state index in [0.717, 1.165) is 31.2 Å². The van der Waals surface area contributed by atoms with E-state index in [1.54, 1.807) is 24.3 Å². The van der Waals surface area contributed by atoms with Crippen molar-refractivity contribution in [2.75, 3.05) is 36.6 Å². The molecule has 2 amide bonds. The predicted octanol–water partition coefficient (Wildman–Crippen LogP) is 1.85. The number of carbonyl (C=O) groups excluding carboxylic acids is 3. The normalized spacial score (nSPS) is 16.1. The van der Waals surface area contributed by atoms with Gasteiger partial charge >= 0.3 is 5.97 Å². The lowest BCUT2D eigenvalue weighted by Gasteiger charge is -2.11. The van der Waals surface area contributed by atoms with Crippen LogP contribution in [0.3, 0.4) is 0 Å². The number of nitrogens with one attached hydrogen (secondary N) is 2. The minimum Gasteiger partial charge on any atom is -0.455 e. The number of anilines is 1. The molecule has 7 nitrogen and oxygen atoms in total. The highest BCUT2D eigenvalue weighted by Crippen LogP contribution is 2.14. The molecule has 0 aromatic heterocycles. The monoisotopic (exact) mass is 400 g/mol. The van der Waals surface area contributed by atoms with Crippen LogP contribution in [0.1, 0.15) is 12.8 Å². The maximum absolute atomic E-state index is 11.8. The van der Waals surface area contributed by atoms with E-state index in [1.807, 2.05) is 0 Å². The fourth-order valence-corrected chi connectivity index (χ4v) is 2.96. The Labute approximate surface area is 161 Å². The second-order valence-electron chi connectivity index (χ2n) is 5.65. The van der Waals surface area contributed by atoms with Crippen molar-refractivity contribution in [2.45, 2.75) is 18.9 Å². The molecule has 1 fully saturated rings. The summed E-state index contributed by atoms with van der Waals surface area (Å²) in [5.74, 6) is -1.05. The summed E-state index contributed by atoms with van der Waals surface area (Å²) in [6.45, 7) is 0.817. The second kappa shape index (κ2) is 11.1. The highest BCUT2D eigenvalue weighted by Gasteiger charge is 2.16. The number of benzene rings is 1. The van der Waals surface area contributed by atoms with E-state index < -0.39 is 5.97 Å². The van der Waals surface area contributed by atoms with Gasteiger partial charge in [-0.3, -0.25) is 14.4 Å². The third kappa shape index (κ3) is 8.07. The summed E-state index contributed by atoms with van der Waals surface area (Å²) in [6, 6.07) is 6.72. The van der Waals surface area contributed by atoms with Gasteiger partial charge in [0, 0.05) is 23.9 Å². The molecule has 1 aliphatic heterocycles. The maximum atomic E-state index is 11.8. The molecule has 0 unspecified atom stereocenters. The molecular formula is C17H21ClN2O5S. The topological polar surface area (TPSA) is 93.7 Å². The number of thioether (sulfide) groups is 1. The lowest BCUT2D eigenvalue weighted by molar-refractivity contribution is -0.146. The zero-order valence-electron chi connectivity index (χ0n) is 14.2. The number of hydrogen-bond acceptors (Lipinski definition) is 6. The highest BCUT2D eigenvalue weighted by molar-refractivity contribution is 8.00. The van der Waals surface area contributed by atoms with Crippen LogP contribution in [0.15, 0.2) is 24.3 Å². The highest BCUT2D eigenvalue weighted by atomic mass is 35.5. The van der Waals surface area contributed by atoms with Crippen LogP contribution in [0.2, 0.25) is 5.02 Å². The molecule has 1 atom stereocenters. The first kappa shape index (κ1) is 20.5. The van der Waals surface area contributed by atoms with Crippen molar-refractivity contribution in [3.8, 4) is 0 Å². The molecule has 0 aliphatic carbocycles. The quantitative estimate of drug-likeness (QED) is 0.614. The fourth-order valence-electron chi connectivity index (χ4n) is 2.23. The van der Waals surface area contributed by atoms with Crippen LogP contribution in [0.4, 0.5) is 5.69 Å². The van der Waals surface area contributed by atoms with Gasteiger partial charge in [0.25, 0.3) is 5.91 Å². The summed E-state index contributed by atoms with van der Waals surface area (Å²) in [6.07, 6.45) is 1.97. The number of amides is 2. The van der Waals surface area contributed by atoms with Gasteiger partial charge in [-0.25, -0.2) is 0 Å². The van der Waals surface area contributed by atoms with Crippen molar-refractivity contribution >= 4 is 46.8 Å². The standard InChI is InChI=1S/C17H21ClN2O5S/c18-12-3-5-13(6-4-12)20-16(22)10-26-11-17(23)25-9-15(21)19-8-14-2-1-7-24-14/h3-6,14H,1-2,7-11H2,(H,19,21)(H,20,22)/t14-/m0/s1. The third-order valence-corrected chi connectivity index (χ3v) is 4.65. The Kier molecular flexibility index (Phi) is 8.73. The van der Waals surface area contributed by atoms with E-state index in [-0.39, 0.29) is 36.0 Å². The molecule has 9 heteroatoms. The number of ether oxygens (including phenoxy) is 2. The van der Waals surface area contributed by atoms with Crippen LogP contribution in [0, 0.1) is 0 Å². The first-order valence-electron chi connectivity index (χ1n) is 8.20. The van der Waals surface area contributed by atoms with Crippen molar-refractivity contribution in [2.24, 2.45) is 0 Å². The molecule has 1 aliphatic rings. The van der Waals surface area contributed by atoms with Crippen LogP contribution in [-0.4, -0.2) is 55.2 Å². The largest absolute Gasteiger partial charge is 0.455 e. The molecule has 2 rings (SSSR count). The zero-order chi connectivity index (χ0) is 18.8. The average molecular weight is 401 g/mol. The third-order valence-electron chi connectivity index (χ3n) is 3.50. The fraction of sp³-hybridized carbons (Fsp3) is 0.471. The van der Waals surface area contributed by atoms with Crippen molar-refractivity contribution < 1.29 is 23.9 Å². The van der Waals surface area contributed by atoms with Gasteiger partial charge in [0.1, 0.15) is 0 Å². The van der Waals surface area contributed by atoms with E-state index in [0.29, 0.717) is 17.3 Å². The van der Waals surface area contributed by atoms with Gasteiger partial charge < -0.3 is 20.1 Å². The molecule has 0 bridgehead atoms. The van der Waals surface area contributed by atoms with E-state index >= 15 is 0 Å². The molecule has 142 valence electrons. The second-order valence-corrected chi connectivity index (χ2v) is 7.07. The smallest absolute Gasteiger partial charge is 0.316 e. The van der Waals surface area contributed by atoms with Gasteiger partial charge in [0.2, 0.25) is 5.91 Å². The Morgan fingerprint density at radius 2 is 1.96 bits per heavy atom. The minimum atomic E-state index is -0.540. The molecule has 1 aromatic rings. The molecule has 26 heavy (non-hydrogen) atoms. The summed E-state index contributed by atoms with van der Waals surface area (Å²) >= 11 is 6.88. The maximum Gasteiger partial charge on any atom is 0.316 e. The van der Waals surface area contributed by atoms with Crippen molar-refractivity contribution in [1.29, 1.82) is 0 Å². The Balaban J connectivity index is 1.53. The van der Waals surface area contributed by atoms with Crippen LogP contribution < -0.4 is 10.6 Å². The number of carbonyl (C=O) groups is 3. The van der Waals surface area contributed by atoms with E-state index in [1.165, 1.54) is 0 Å². The lowest BCUT2D eigenvalue weighted by atomic mass is 10.2. The Morgan fingerprint density at radius 3 is 2.65 bits per heavy atom. The average Bonchev–Trinajstić information content (AvgIpc) is 3.14. The summed E-state index contributed by atoms with van der Waals surface area (Å²) in [5, 5.41) is 5.94. The van der Waals surface area contributed by atoms with Gasteiger partial charge in [-0.15, -0.1) is 11.8 Å².